The van der Waals surface area contributed by atoms with Crippen molar-refractivity contribution in [1.82, 2.24) is 5.32 Å². The van der Waals surface area contributed by atoms with Crippen molar-refractivity contribution in [3.63, 3.8) is 0 Å². The highest BCUT2D eigenvalue weighted by Gasteiger charge is 2.09. The van der Waals surface area contributed by atoms with Crippen LogP contribution in [0.1, 0.15) is 11.1 Å². The Bertz CT molecular complexity index is 634. The third-order valence-electron chi connectivity index (χ3n) is 3.40. The highest BCUT2D eigenvalue weighted by Crippen LogP contribution is 2.33. The summed E-state index contributed by atoms with van der Waals surface area (Å²) in [6.07, 6.45) is 0.650. The highest BCUT2D eigenvalue weighted by molar-refractivity contribution is 9.10. The highest BCUT2D eigenvalue weighted by atomic mass is 79.9. The third-order valence-corrected chi connectivity index (χ3v) is 4.14. The van der Waals surface area contributed by atoms with Gasteiger partial charge in [0.15, 0.2) is 11.5 Å². The summed E-state index contributed by atoms with van der Waals surface area (Å²) in [5, 5.41) is 3.31. The second-order valence-corrected chi connectivity index (χ2v) is 5.67. The van der Waals surface area contributed by atoms with Gasteiger partial charge in [0.1, 0.15) is 5.82 Å². The monoisotopic (exact) mass is 367 g/mol. The Hall–Kier alpha value is -1.59. The Kier molecular flexibility index (Phi) is 6.21. The Morgan fingerprint density at radius 3 is 2.41 bits per heavy atom. The first-order valence-electron chi connectivity index (χ1n) is 7.00. The average Bonchev–Trinajstić information content (AvgIpc) is 2.53. The molecule has 5 heteroatoms. The van der Waals surface area contributed by atoms with E-state index in [1.807, 2.05) is 24.3 Å². The van der Waals surface area contributed by atoms with Crippen molar-refractivity contribution >= 4 is 15.9 Å². The maximum Gasteiger partial charge on any atom is 0.161 e. The molecule has 1 N–H and O–H groups in total. The van der Waals surface area contributed by atoms with Crippen molar-refractivity contribution in [3.05, 3.63) is 57.8 Å². The molecule has 0 amide bonds. The summed E-state index contributed by atoms with van der Waals surface area (Å²) in [7, 11) is 3.22. The third kappa shape index (κ3) is 4.21. The Balaban J connectivity index is 1.93. The molecule has 2 aromatic carbocycles. The minimum Gasteiger partial charge on any atom is -0.493 e. The Morgan fingerprint density at radius 2 is 1.73 bits per heavy atom. The number of benzene rings is 2. The molecule has 0 unspecified atom stereocenters. The number of hydrogen-bond donors (Lipinski definition) is 1. The minimum atomic E-state index is -0.156. The topological polar surface area (TPSA) is 30.5 Å². The average molecular weight is 368 g/mol. The molecule has 3 nitrogen and oxygen atoms in total. The standard InChI is InChI=1S/C17H19BrFNO2/c1-21-16-9-13(14(18)10-17(16)22-2)11-20-8-7-12-5-3-4-6-15(12)19/h3-6,9-10,20H,7-8,11H2,1-2H3. The summed E-state index contributed by atoms with van der Waals surface area (Å²) in [6, 6.07) is 10.7. The predicted molar refractivity (Wildman–Crippen MR) is 89.1 cm³/mol. The molecule has 0 spiro atoms. The second kappa shape index (κ2) is 8.15. The lowest BCUT2D eigenvalue weighted by molar-refractivity contribution is 0.354. The van der Waals surface area contributed by atoms with E-state index < -0.39 is 0 Å². The summed E-state index contributed by atoms with van der Waals surface area (Å²) in [5.41, 5.74) is 1.78. The van der Waals surface area contributed by atoms with Gasteiger partial charge in [0.05, 0.1) is 14.2 Å². The molecule has 0 aliphatic carbocycles. The van der Waals surface area contributed by atoms with Crippen LogP contribution in [0.5, 0.6) is 11.5 Å². The number of ether oxygens (including phenoxy) is 2. The lowest BCUT2D eigenvalue weighted by Gasteiger charge is -2.12. The summed E-state index contributed by atoms with van der Waals surface area (Å²) in [5.74, 6) is 1.22. The number of nitrogens with one attached hydrogen (secondary N) is 1. The SMILES string of the molecule is COc1cc(Br)c(CNCCc2ccccc2F)cc1OC. The van der Waals surface area contributed by atoms with Gasteiger partial charge >= 0.3 is 0 Å². The van der Waals surface area contributed by atoms with Gasteiger partial charge in [0.25, 0.3) is 0 Å². The summed E-state index contributed by atoms with van der Waals surface area (Å²) < 4.78 is 25.0. The van der Waals surface area contributed by atoms with Crippen LogP contribution in [-0.4, -0.2) is 20.8 Å². The molecular weight excluding hydrogens is 349 g/mol. The van der Waals surface area contributed by atoms with Crippen molar-refractivity contribution < 1.29 is 13.9 Å². The van der Waals surface area contributed by atoms with Gasteiger partial charge in [-0.3, -0.25) is 0 Å². The molecule has 2 aromatic rings. The van der Waals surface area contributed by atoms with Crippen LogP contribution in [0.15, 0.2) is 40.9 Å². The summed E-state index contributed by atoms with van der Waals surface area (Å²) >= 11 is 3.52. The molecule has 22 heavy (non-hydrogen) atoms. The largest absolute Gasteiger partial charge is 0.493 e. The first-order chi connectivity index (χ1) is 10.7. The van der Waals surface area contributed by atoms with Crippen molar-refractivity contribution in [1.29, 1.82) is 0 Å². The molecule has 0 aliphatic heterocycles. The summed E-state index contributed by atoms with van der Waals surface area (Å²) in [6.45, 7) is 1.36. The second-order valence-electron chi connectivity index (χ2n) is 4.82. The van der Waals surface area contributed by atoms with Gasteiger partial charge < -0.3 is 14.8 Å². The van der Waals surface area contributed by atoms with E-state index in [9.17, 15) is 4.39 Å². The molecule has 0 bridgehead atoms. The lowest BCUT2D eigenvalue weighted by Crippen LogP contribution is -2.17. The van der Waals surface area contributed by atoms with E-state index in [-0.39, 0.29) is 5.82 Å². The van der Waals surface area contributed by atoms with Crippen LogP contribution in [0.2, 0.25) is 0 Å². The molecule has 0 saturated carbocycles. The number of rotatable bonds is 7. The first kappa shape index (κ1) is 16.8. The molecule has 118 valence electrons. The molecule has 0 heterocycles. The fraction of sp³-hybridized carbons (Fsp3) is 0.294. The fourth-order valence-electron chi connectivity index (χ4n) is 2.18. The molecule has 0 fully saturated rings. The van der Waals surface area contributed by atoms with E-state index in [1.165, 1.54) is 6.07 Å². The van der Waals surface area contributed by atoms with Gasteiger partial charge in [-0.05, 0) is 42.3 Å². The van der Waals surface area contributed by atoms with Gasteiger partial charge in [0, 0.05) is 11.0 Å². The predicted octanol–water partition coefficient (Wildman–Crippen LogP) is 3.94. The van der Waals surface area contributed by atoms with E-state index in [2.05, 4.69) is 21.2 Å². The zero-order chi connectivity index (χ0) is 15.9. The number of methoxy groups -OCH3 is 2. The molecule has 0 saturated heterocycles. The van der Waals surface area contributed by atoms with Gasteiger partial charge in [-0.25, -0.2) is 4.39 Å². The molecule has 0 aliphatic rings. The van der Waals surface area contributed by atoms with E-state index in [4.69, 9.17) is 9.47 Å². The van der Waals surface area contributed by atoms with Crippen LogP contribution in [0.25, 0.3) is 0 Å². The van der Waals surface area contributed by atoms with Crippen LogP contribution >= 0.6 is 15.9 Å². The number of hydrogen-bond acceptors (Lipinski definition) is 3. The lowest BCUT2D eigenvalue weighted by atomic mass is 10.1. The van der Waals surface area contributed by atoms with Crippen LogP contribution in [0.3, 0.4) is 0 Å². The van der Waals surface area contributed by atoms with E-state index >= 15 is 0 Å². The Morgan fingerprint density at radius 1 is 1.05 bits per heavy atom. The summed E-state index contributed by atoms with van der Waals surface area (Å²) in [4.78, 5) is 0. The molecule has 0 radical (unpaired) electrons. The molecule has 2 rings (SSSR count). The van der Waals surface area contributed by atoms with Crippen LogP contribution in [-0.2, 0) is 13.0 Å². The zero-order valence-corrected chi connectivity index (χ0v) is 14.2. The van der Waals surface area contributed by atoms with Crippen molar-refractivity contribution in [2.75, 3.05) is 20.8 Å². The number of halogens is 2. The van der Waals surface area contributed by atoms with Gasteiger partial charge in [-0.2, -0.15) is 0 Å². The normalized spacial score (nSPS) is 10.5. The van der Waals surface area contributed by atoms with E-state index in [1.54, 1.807) is 20.3 Å². The van der Waals surface area contributed by atoms with Gasteiger partial charge in [-0.15, -0.1) is 0 Å². The maximum absolute atomic E-state index is 13.5. The first-order valence-corrected chi connectivity index (χ1v) is 7.79. The maximum atomic E-state index is 13.5. The van der Waals surface area contributed by atoms with Crippen LogP contribution in [0.4, 0.5) is 4.39 Å². The molecule has 0 aromatic heterocycles. The van der Waals surface area contributed by atoms with Gasteiger partial charge in [0.2, 0.25) is 0 Å². The Labute approximate surface area is 138 Å². The van der Waals surface area contributed by atoms with Crippen molar-refractivity contribution in [3.8, 4) is 11.5 Å². The van der Waals surface area contributed by atoms with Gasteiger partial charge in [-0.1, -0.05) is 34.1 Å². The van der Waals surface area contributed by atoms with E-state index in [0.29, 0.717) is 31.0 Å². The smallest absolute Gasteiger partial charge is 0.161 e. The van der Waals surface area contributed by atoms with E-state index in [0.717, 1.165) is 15.6 Å². The molecular formula is C17H19BrFNO2. The van der Waals surface area contributed by atoms with Crippen LogP contribution < -0.4 is 14.8 Å². The fourth-order valence-corrected chi connectivity index (χ4v) is 2.64. The van der Waals surface area contributed by atoms with Crippen molar-refractivity contribution in [2.24, 2.45) is 0 Å². The minimum absolute atomic E-state index is 0.156. The quantitative estimate of drug-likeness (QED) is 0.751. The molecule has 0 atom stereocenters. The zero-order valence-electron chi connectivity index (χ0n) is 12.7. The van der Waals surface area contributed by atoms with Crippen molar-refractivity contribution in [2.45, 2.75) is 13.0 Å². The van der Waals surface area contributed by atoms with Crippen LogP contribution in [0, 0.1) is 5.82 Å².